The highest BCUT2D eigenvalue weighted by Crippen LogP contribution is 2.22. The summed E-state index contributed by atoms with van der Waals surface area (Å²) in [6.07, 6.45) is 3.29. The highest BCUT2D eigenvalue weighted by Gasteiger charge is 2.34. The first kappa shape index (κ1) is 17.5. The zero-order valence-electron chi connectivity index (χ0n) is 12.2. The quantitative estimate of drug-likeness (QED) is 0.891. The standard InChI is InChI=1S/C14H18Cl2N2O3S/c1-22(20,21)18-7-3-2-4-13(18)14(19)17-9-10-5-6-11(15)8-12(10)16/h5-6,8,13H,2-4,7,9H2,1H3,(H,17,19)/t13-/m1/s1. The number of hydrogen-bond acceptors (Lipinski definition) is 3. The molecule has 0 aliphatic carbocycles. The topological polar surface area (TPSA) is 66.5 Å². The van der Waals surface area contributed by atoms with Crippen molar-refractivity contribution in [1.29, 1.82) is 0 Å². The van der Waals surface area contributed by atoms with Crippen molar-refractivity contribution in [3.8, 4) is 0 Å². The van der Waals surface area contributed by atoms with Gasteiger partial charge in [-0.1, -0.05) is 35.7 Å². The smallest absolute Gasteiger partial charge is 0.238 e. The molecule has 5 nitrogen and oxygen atoms in total. The summed E-state index contributed by atoms with van der Waals surface area (Å²) in [6.45, 7) is 0.627. The Hall–Kier alpha value is -0.820. The molecule has 0 bridgehead atoms. The number of benzene rings is 1. The van der Waals surface area contributed by atoms with Crippen molar-refractivity contribution in [1.82, 2.24) is 9.62 Å². The molecular weight excluding hydrogens is 347 g/mol. The normalized spacial score (nSPS) is 19.9. The third kappa shape index (κ3) is 4.35. The van der Waals surface area contributed by atoms with Gasteiger partial charge in [-0.25, -0.2) is 8.42 Å². The van der Waals surface area contributed by atoms with E-state index in [1.54, 1.807) is 18.2 Å². The molecule has 1 aromatic carbocycles. The van der Waals surface area contributed by atoms with Gasteiger partial charge in [0, 0.05) is 23.1 Å². The molecule has 22 heavy (non-hydrogen) atoms. The molecule has 1 amide bonds. The number of carbonyl (C=O) groups excluding carboxylic acids is 1. The molecule has 1 saturated heterocycles. The van der Waals surface area contributed by atoms with Crippen LogP contribution in [-0.4, -0.2) is 37.5 Å². The Morgan fingerprint density at radius 2 is 2.09 bits per heavy atom. The molecule has 122 valence electrons. The van der Waals surface area contributed by atoms with Crippen LogP contribution in [0.5, 0.6) is 0 Å². The number of nitrogens with one attached hydrogen (secondary N) is 1. The molecule has 2 rings (SSSR count). The van der Waals surface area contributed by atoms with E-state index in [4.69, 9.17) is 23.2 Å². The maximum Gasteiger partial charge on any atom is 0.238 e. The van der Waals surface area contributed by atoms with Crippen molar-refractivity contribution in [3.05, 3.63) is 33.8 Å². The number of amides is 1. The van der Waals surface area contributed by atoms with Crippen LogP contribution in [0, 0.1) is 0 Å². The maximum atomic E-state index is 12.3. The fourth-order valence-corrected chi connectivity index (χ4v) is 4.13. The van der Waals surface area contributed by atoms with Crippen molar-refractivity contribution in [3.63, 3.8) is 0 Å². The second kappa shape index (κ2) is 7.17. The second-order valence-electron chi connectivity index (χ2n) is 5.34. The molecule has 1 heterocycles. The molecule has 1 aliphatic rings. The predicted molar refractivity (Wildman–Crippen MR) is 87.5 cm³/mol. The van der Waals surface area contributed by atoms with Crippen LogP contribution in [-0.2, 0) is 21.4 Å². The number of piperidine rings is 1. The van der Waals surface area contributed by atoms with Crippen LogP contribution in [0.1, 0.15) is 24.8 Å². The van der Waals surface area contributed by atoms with Gasteiger partial charge < -0.3 is 5.32 Å². The van der Waals surface area contributed by atoms with Crippen molar-refractivity contribution in [2.24, 2.45) is 0 Å². The Bertz CT molecular complexity index is 664. The van der Waals surface area contributed by atoms with E-state index in [-0.39, 0.29) is 12.5 Å². The lowest BCUT2D eigenvalue weighted by Gasteiger charge is -2.32. The molecule has 1 N–H and O–H groups in total. The fourth-order valence-electron chi connectivity index (χ4n) is 2.53. The van der Waals surface area contributed by atoms with Gasteiger partial charge in [0.15, 0.2) is 0 Å². The molecule has 0 spiro atoms. The highest BCUT2D eigenvalue weighted by atomic mass is 35.5. The van der Waals surface area contributed by atoms with Crippen LogP contribution < -0.4 is 5.32 Å². The zero-order chi connectivity index (χ0) is 16.3. The monoisotopic (exact) mass is 364 g/mol. The van der Waals surface area contributed by atoms with E-state index in [9.17, 15) is 13.2 Å². The number of nitrogens with zero attached hydrogens (tertiary/aromatic N) is 1. The summed E-state index contributed by atoms with van der Waals surface area (Å²) in [7, 11) is -3.39. The van der Waals surface area contributed by atoms with E-state index in [1.165, 1.54) is 4.31 Å². The minimum absolute atomic E-state index is 0.239. The van der Waals surface area contributed by atoms with Gasteiger partial charge in [-0.05, 0) is 30.5 Å². The van der Waals surface area contributed by atoms with E-state index in [0.29, 0.717) is 23.0 Å². The third-order valence-electron chi connectivity index (χ3n) is 3.65. The van der Waals surface area contributed by atoms with Crippen LogP contribution in [0.15, 0.2) is 18.2 Å². The summed E-state index contributed by atoms with van der Waals surface area (Å²) >= 11 is 11.9. The van der Waals surface area contributed by atoms with Crippen molar-refractivity contribution in [2.45, 2.75) is 31.8 Å². The summed E-state index contributed by atoms with van der Waals surface area (Å²) in [5.41, 5.74) is 0.737. The van der Waals surface area contributed by atoms with Crippen molar-refractivity contribution < 1.29 is 13.2 Å². The van der Waals surface area contributed by atoms with E-state index >= 15 is 0 Å². The molecule has 1 fully saturated rings. The first-order chi connectivity index (χ1) is 10.3. The number of carbonyl (C=O) groups is 1. The van der Waals surface area contributed by atoms with Crippen LogP contribution in [0.3, 0.4) is 0 Å². The first-order valence-corrected chi connectivity index (χ1v) is 9.58. The van der Waals surface area contributed by atoms with Gasteiger partial charge in [-0.2, -0.15) is 4.31 Å². The summed E-state index contributed by atoms with van der Waals surface area (Å²) in [6, 6.07) is 4.39. The number of rotatable bonds is 4. The SMILES string of the molecule is CS(=O)(=O)N1CCCC[C@@H]1C(=O)NCc1ccc(Cl)cc1Cl. The average Bonchev–Trinajstić information content (AvgIpc) is 2.45. The molecule has 1 aromatic rings. The Morgan fingerprint density at radius 1 is 1.36 bits per heavy atom. The molecule has 8 heteroatoms. The molecule has 0 saturated carbocycles. The zero-order valence-corrected chi connectivity index (χ0v) is 14.5. The molecule has 0 aromatic heterocycles. The Labute approximate surface area is 140 Å². The summed E-state index contributed by atoms with van der Waals surface area (Å²) in [4.78, 5) is 12.3. The minimum Gasteiger partial charge on any atom is -0.351 e. The molecule has 1 aliphatic heterocycles. The van der Waals surface area contributed by atoms with Crippen LogP contribution in [0.25, 0.3) is 0 Å². The van der Waals surface area contributed by atoms with E-state index in [2.05, 4.69) is 5.32 Å². The van der Waals surface area contributed by atoms with Crippen LogP contribution in [0.4, 0.5) is 0 Å². The Balaban J connectivity index is 2.04. The average molecular weight is 365 g/mol. The lowest BCUT2D eigenvalue weighted by molar-refractivity contribution is -0.125. The van der Waals surface area contributed by atoms with Gasteiger partial charge in [-0.15, -0.1) is 0 Å². The summed E-state index contributed by atoms with van der Waals surface area (Å²) in [5, 5.41) is 3.75. The van der Waals surface area contributed by atoms with Crippen LogP contribution >= 0.6 is 23.2 Å². The summed E-state index contributed by atoms with van der Waals surface area (Å²) < 4.78 is 24.8. The highest BCUT2D eigenvalue weighted by molar-refractivity contribution is 7.88. The van der Waals surface area contributed by atoms with Gasteiger partial charge in [0.2, 0.25) is 15.9 Å². The van der Waals surface area contributed by atoms with Gasteiger partial charge in [0.1, 0.15) is 6.04 Å². The third-order valence-corrected chi connectivity index (χ3v) is 5.53. The molecular formula is C14H18Cl2N2O3S. The lowest BCUT2D eigenvalue weighted by Crippen LogP contribution is -2.51. The van der Waals surface area contributed by atoms with E-state index in [0.717, 1.165) is 24.7 Å². The van der Waals surface area contributed by atoms with Gasteiger partial charge in [0.25, 0.3) is 0 Å². The fraction of sp³-hybridized carbons (Fsp3) is 0.500. The largest absolute Gasteiger partial charge is 0.351 e. The van der Waals surface area contributed by atoms with Crippen molar-refractivity contribution >= 4 is 39.1 Å². The lowest BCUT2D eigenvalue weighted by atomic mass is 10.0. The van der Waals surface area contributed by atoms with E-state index < -0.39 is 16.1 Å². The maximum absolute atomic E-state index is 12.3. The van der Waals surface area contributed by atoms with Crippen molar-refractivity contribution in [2.75, 3.05) is 12.8 Å². The Morgan fingerprint density at radius 3 is 2.73 bits per heavy atom. The van der Waals surface area contributed by atoms with Gasteiger partial charge in [-0.3, -0.25) is 4.79 Å². The van der Waals surface area contributed by atoms with Crippen LogP contribution in [0.2, 0.25) is 10.0 Å². The minimum atomic E-state index is -3.39. The summed E-state index contributed by atoms with van der Waals surface area (Å²) in [5.74, 6) is -0.295. The molecule has 1 atom stereocenters. The van der Waals surface area contributed by atoms with Gasteiger partial charge in [0.05, 0.1) is 6.26 Å². The predicted octanol–water partition coefficient (Wildman–Crippen LogP) is 2.42. The van der Waals surface area contributed by atoms with Gasteiger partial charge >= 0.3 is 0 Å². The molecule has 0 unspecified atom stereocenters. The first-order valence-electron chi connectivity index (χ1n) is 6.97. The number of sulfonamides is 1. The number of hydrogen-bond donors (Lipinski definition) is 1. The Kier molecular flexibility index (Phi) is 5.71. The second-order valence-corrected chi connectivity index (χ2v) is 8.12. The van der Waals surface area contributed by atoms with E-state index in [1.807, 2.05) is 0 Å². The number of halogens is 2. The molecule has 0 radical (unpaired) electrons.